The summed E-state index contributed by atoms with van der Waals surface area (Å²) in [5.41, 5.74) is 2.61. The molecule has 2 aromatic carbocycles. The number of aryl methyl sites for hydroxylation is 1. The normalized spacial score (nSPS) is 18.5. The summed E-state index contributed by atoms with van der Waals surface area (Å²) in [4.78, 5) is 2.53. The van der Waals surface area contributed by atoms with Crippen LogP contribution < -0.4 is 10.1 Å². The van der Waals surface area contributed by atoms with Gasteiger partial charge in [0.1, 0.15) is 5.75 Å². The Bertz CT molecular complexity index is 647. The lowest BCUT2D eigenvalue weighted by atomic mass is 10.1. The van der Waals surface area contributed by atoms with Crippen LogP contribution in [0.2, 0.25) is 0 Å². The Morgan fingerprint density at radius 2 is 2.04 bits per heavy atom. The fourth-order valence-electron chi connectivity index (χ4n) is 3.11. The Morgan fingerprint density at radius 3 is 2.88 bits per heavy atom. The predicted octanol–water partition coefficient (Wildman–Crippen LogP) is 4.00. The van der Waals surface area contributed by atoms with Crippen LogP contribution in [0, 0.1) is 6.92 Å². The lowest BCUT2D eigenvalue weighted by Crippen LogP contribution is -2.50. The van der Waals surface area contributed by atoms with Gasteiger partial charge in [0.25, 0.3) is 0 Å². The zero-order valence-electron chi connectivity index (χ0n) is 14.2. The van der Waals surface area contributed by atoms with E-state index in [0.717, 1.165) is 49.4 Å². The van der Waals surface area contributed by atoms with Crippen molar-refractivity contribution in [2.75, 3.05) is 26.2 Å². The third kappa shape index (κ3) is 5.07. The second-order valence-electron chi connectivity index (χ2n) is 6.44. The van der Waals surface area contributed by atoms with Crippen LogP contribution in [0.4, 0.5) is 0 Å². The number of hydrogen-bond acceptors (Lipinski definition) is 3. The number of ether oxygens (including phenoxy) is 1. The van der Waals surface area contributed by atoms with Crippen molar-refractivity contribution in [2.24, 2.45) is 0 Å². The van der Waals surface area contributed by atoms with Crippen LogP contribution in [-0.2, 0) is 6.54 Å². The molecule has 1 aliphatic rings. The predicted molar refractivity (Wildman–Crippen MR) is 103 cm³/mol. The smallest absolute Gasteiger partial charge is 0.133 e. The largest absolute Gasteiger partial charge is 0.492 e. The molecular formula is C20H25BrN2O. The standard InChI is InChI=1S/C20H25BrN2O/c1-16-7-8-19(21)20(13-16)24-12-9-18-15-23(11-10-22-18)14-17-5-3-2-4-6-17/h2-8,13,18,22H,9-12,14-15H2,1H3. The molecule has 1 unspecified atom stereocenters. The van der Waals surface area contributed by atoms with E-state index in [1.165, 1.54) is 11.1 Å². The highest BCUT2D eigenvalue weighted by molar-refractivity contribution is 9.10. The summed E-state index contributed by atoms with van der Waals surface area (Å²) >= 11 is 3.55. The molecule has 0 spiro atoms. The minimum Gasteiger partial charge on any atom is -0.492 e. The number of benzene rings is 2. The zero-order valence-corrected chi connectivity index (χ0v) is 15.8. The Labute approximate surface area is 153 Å². The van der Waals surface area contributed by atoms with Crippen molar-refractivity contribution in [1.29, 1.82) is 0 Å². The SMILES string of the molecule is Cc1ccc(Br)c(OCCC2CN(Cc3ccccc3)CCN2)c1. The molecule has 0 aliphatic carbocycles. The summed E-state index contributed by atoms with van der Waals surface area (Å²) in [6, 6.07) is 17.4. The van der Waals surface area contributed by atoms with Gasteiger partial charge in [0.2, 0.25) is 0 Å². The number of halogens is 1. The molecule has 1 aliphatic heterocycles. The van der Waals surface area contributed by atoms with Crippen LogP contribution in [0.25, 0.3) is 0 Å². The molecule has 0 radical (unpaired) electrons. The third-order valence-electron chi connectivity index (χ3n) is 4.40. The first-order valence-electron chi connectivity index (χ1n) is 8.59. The van der Waals surface area contributed by atoms with E-state index >= 15 is 0 Å². The molecule has 128 valence electrons. The van der Waals surface area contributed by atoms with Crippen LogP contribution >= 0.6 is 15.9 Å². The van der Waals surface area contributed by atoms with E-state index in [9.17, 15) is 0 Å². The van der Waals surface area contributed by atoms with Crippen molar-refractivity contribution >= 4 is 15.9 Å². The van der Waals surface area contributed by atoms with Gasteiger partial charge in [-0.2, -0.15) is 0 Å². The van der Waals surface area contributed by atoms with Gasteiger partial charge in [0.05, 0.1) is 11.1 Å². The van der Waals surface area contributed by atoms with Crippen LogP contribution in [0.5, 0.6) is 5.75 Å². The molecule has 2 aromatic rings. The minimum absolute atomic E-state index is 0.492. The second-order valence-corrected chi connectivity index (χ2v) is 7.30. The van der Waals surface area contributed by atoms with Crippen LogP contribution in [0.15, 0.2) is 53.0 Å². The molecule has 4 heteroatoms. The molecule has 1 atom stereocenters. The van der Waals surface area contributed by atoms with Crippen LogP contribution in [0.1, 0.15) is 17.5 Å². The van der Waals surface area contributed by atoms with E-state index < -0.39 is 0 Å². The maximum atomic E-state index is 5.97. The van der Waals surface area contributed by atoms with E-state index in [4.69, 9.17) is 4.74 Å². The van der Waals surface area contributed by atoms with E-state index in [1.807, 2.05) is 6.07 Å². The summed E-state index contributed by atoms with van der Waals surface area (Å²) in [7, 11) is 0. The number of piperazine rings is 1. The topological polar surface area (TPSA) is 24.5 Å². The van der Waals surface area contributed by atoms with Gasteiger partial charge in [-0.3, -0.25) is 4.90 Å². The zero-order chi connectivity index (χ0) is 16.8. The van der Waals surface area contributed by atoms with Crippen molar-refractivity contribution < 1.29 is 4.74 Å². The van der Waals surface area contributed by atoms with Gasteiger partial charge in [-0.05, 0) is 52.5 Å². The average molecular weight is 389 g/mol. The van der Waals surface area contributed by atoms with Gasteiger partial charge in [0.15, 0.2) is 0 Å². The van der Waals surface area contributed by atoms with Gasteiger partial charge in [-0.15, -0.1) is 0 Å². The number of hydrogen-bond donors (Lipinski definition) is 1. The van der Waals surface area contributed by atoms with Gasteiger partial charge < -0.3 is 10.1 Å². The van der Waals surface area contributed by atoms with Gasteiger partial charge in [0, 0.05) is 32.2 Å². The Morgan fingerprint density at radius 1 is 1.21 bits per heavy atom. The van der Waals surface area contributed by atoms with Crippen LogP contribution in [0.3, 0.4) is 0 Å². The highest BCUT2D eigenvalue weighted by Gasteiger charge is 2.19. The van der Waals surface area contributed by atoms with E-state index in [0.29, 0.717) is 6.04 Å². The summed E-state index contributed by atoms with van der Waals surface area (Å²) < 4.78 is 6.99. The van der Waals surface area contributed by atoms with Crippen molar-refractivity contribution in [2.45, 2.75) is 25.9 Å². The van der Waals surface area contributed by atoms with Gasteiger partial charge in [-0.25, -0.2) is 0 Å². The highest BCUT2D eigenvalue weighted by Crippen LogP contribution is 2.26. The quantitative estimate of drug-likeness (QED) is 0.808. The van der Waals surface area contributed by atoms with Crippen LogP contribution in [-0.4, -0.2) is 37.2 Å². The lowest BCUT2D eigenvalue weighted by Gasteiger charge is -2.33. The number of nitrogens with one attached hydrogen (secondary N) is 1. The van der Waals surface area contributed by atoms with Crippen molar-refractivity contribution in [3.63, 3.8) is 0 Å². The van der Waals surface area contributed by atoms with Crippen molar-refractivity contribution in [3.8, 4) is 5.75 Å². The lowest BCUT2D eigenvalue weighted by molar-refractivity contribution is 0.172. The first-order valence-corrected chi connectivity index (χ1v) is 9.38. The summed E-state index contributed by atoms with van der Waals surface area (Å²) in [5.74, 6) is 0.937. The first-order chi connectivity index (χ1) is 11.7. The molecule has 0 saturated carbocycles. The Kier molecular flexibility index (Phi) is 6.30. The molecule has 0 aromatic heterocycles. The molecular weight excluding hydrogens is 364 g/mol. The van der Waals surface area contributed by atoms with E-state index in [2.05, 4.69) is 75.5 Å². The molecule has 0 bridgehead atoms. The molecule has 0 amide bonds. The molecule has 3 nitrogen and oxygen atoms in total. The summed E-state index contributed by atoms with van der Waals surface area (Å²) in [6.45, 7) is 7.08. The van der Waals surface area contributed by atoms with E-state index in [1.54, 1.807) is 0 Å². The fraction of sp³-hybridized carbons (Fsp3) is 0.400. The molecule has 3 rings (SSSR count). The minimum atomic E-state index is 0.492. The fourth-order valence-corrected chi connectivity index (χ4v) is 3.47. The summed E-state index contributed by atoms with van der Waals surface area (Å²) in [6.07, 6.45) is 1.02. The Balaban J connectivity index is 1.46. The van der Waals surface area contributed by atoms with Crippen molar-refractivity contribution in [3.05, 3.63) is 64.1 Å². The molecule has 1 heterocycles. The third-order valence-corrected chi connectivity index (χ3v) is 5.05. The maximum absolute atomic E-state index is 5.97. The molecule has 1 saturated heterocycles. The first kappa shape index (κ1) is 17.5. The number of rotatable bonds is 6. The van der Waals surface area contributed by atoms with Gasteiger partial charge >= 0.3 is 0 Å². The van der Waals surface area contributed by atoms with Crippen molar-refractivity contribution in [1.82, 2.24) is 10.2 Å². The van der Waals surface area contributed by atoms with E-state index in [-0.39, 0.29) is 0 Å². The summed E-state index contributed by atoms with van der Waals surface area (Å²) in [5, 5.41) is 3.61. The monoisotopic (exact) mass is 388 g/mol. The van der Waals surface area contributed by atoms with Gasteiger partial charge in [-0.1, -0.05) is 36.4 Å². The Hall–Kier alpha value is -1.36. The second kappa shape index (κ2) is 8.65. The average Bonchev–Trinajstić information content (AvgIpc) is 2.59. The highest BCUT2D eigenvalue weighted by atomic mass is 79.9. The maximum Gasteiger partial charge on any atom is 0.133 e. The molecule has 1 fully saturated rings. The number of nitrogens with zero attached hydrogens (tertiary/aromatic N) is 1. The molecule has 1 N–H and O–H groups in total. The molecule has 24 heavy (non-hydrogen) atoms.